The fraction of sp³-hybridized carbons (Fsp3) is 0.471. The standard InChI is InChI=1S/C17H25NO3/c1-16(2,3)12-9-10(19)7-8-11(12)13(17(4,5)6)14(20)15(18)21/h7-9,19-20H,1-6H3,(H2,18,21). The molecule has 1 rings (SSSR count). The SMILES string of the molecule is CC(C)(C)C(=C(O)C(N)=O)c1ccc(O)cc1C(C)(C)C. The van der Waals surface area contributed by atoms with Gasteiger partial charge in [0, 0.05) is 5.57 Å². The summed E-state index contributed by atoms with van der Waals surface area (Å²) >= 11 is 0. The Morgan fingerprint density at radius 2 is 1.62 bits per heavy atom. The zero-order chi connectivity index (χ0) is 16.6. The van der Waals surface area contributed by atoms with Crippen molar-refractivity contribution < 1.29 is 15.0 Å². The van der Waals surface area contributed by atoms with Crippen LogP contribution >= 0.6 is 0 Å². The highest BCUT2D eigenvalue weighted by Crippen LogP contribution is 2.41. The lowest BCUT2D eigenvalue weighted by molar-refractivity contribution is -0.116. The molecule has 0 radical (unpaired) electrons. The topological polar surface area (TPSA) is 83.5 Å². The predicted octanol–water partition coefficient (Wildman–Crippen LogP) is 3.49. The number of primary amides is 1. The molecule has 0 aliphatic heterocycles. The van der Waals surface area contributed by atoms with Crippen LogP contribution in [-0.2, 0) is 10.2 Å². The fourth-order valence-corrected chi connectivity index (χ4v) is 2.38. The summed E-state index contributed by atoms with van der Waals surface area (Å²) in [6, 6.07) is 4.93. The molecule has 4 heteroatoms. The molecule has 116 valence electrons. The molecule has 1 amide bonds. The Morgan fingerprint density at radius 1 is 1.10 bits per heavy atom. The van der Waals surface area contributed by atoms with Crippen LogP contribution in [0.2, 0.25) is 0 Å². The van der Waals surface area contributed by atoms with Gasteiger partial charge in [0.05, 0.1) is 0 Å². The highest BCUT2D eigenvalue weighted by atomic mass is 16.3. The maximum absolute atomic E-state index is 11.5. The van der Waals surface area contributed by atoms with Gasteiger partial charge in [0.1, 0.15) is 5.75 Å². The molecule has 0 atom stereocenters. The summed E-state index contributed by atoms with van der Waals surface area (Å²) in [7, 11) is 0. The molecule has 0 heterocycles. The number of phenols is 1. The maximum Gasteiger partial charge on any atom is 0.283 e. The van der Waals surface area contributed by atoms with Crippen molar-refractivity contribution >= 4 is 11.5 Å². The van der Waals surface area contributed by atoms with E-state index < -0.39 is 17.1 Å². The second kappa shape index (κ2) is 5.43. The number of aliphatic hydroxyl groups excluding tert-OH is 1. The van der Waals surface area contributed by atoms with Crippen LogP contribution in [0.3, 0.4) is 0 Å². The van der Waals surface area contributed by atoms with Gasteiger partial charge in [-0.2, -0.15) is 0 Å². The lowest BCUT2D eigenvalue weighted by Gasteiger charge is -2.30. The van der Waals surface area contributed by atoms with E-state index in [2.05, 4.69) is 0 Å². The summed E-state index contributed by atoms with van der Waals surface area (Å²) in [6.45, 7) is 11.7. The molecule has 0 aliphatic rings. The van der Waals surface area contributed by atoms with E-state index in [0.29, 0.717) is 5.57 Å². The van der Waals surface area contributed by atoms with Crippen molar-refractivity contribution in [2.75, 3.05) is 0 Å². The maximum atomic E-state index is 11.5. The number of carbonyl (C=O) groups excluding carboxylic acids is 1. The van der Waals surface area contributed by atoms with E-state index in [0.717, 1.165) is 11.1 Å². The number of nitrogens with two attached hydrogens (primary N) is 1. The third kappa shape index (κ3) is 3.78. The summed E-state index contributed by atoms with van der Waals surface area (Å²) in [5.74, 6) is -1.14. The van der Waals surface area contributed by atoms with Gasteiger partial charge in [-0.15, -0.1) is 0 Å². The fourth-order valence-electron chi connectivity index (χ4n) is 2.38. The van der Waals surface area contributed by atoms with E-state index in [1.54, 1.807) is 18.2 Å². The van der Waals surface area contributed by atoms with Crippen LogP contribution in [0.1, 0.15) is 52.7 Å². The van der Waals surface area contributed by atoms with Crippen LogP contribution in [0.25, 0.3) is 5.57 Å². The number of hydrogen-bond acceptors (Lipinski definition) is 3. The minimum atomic E-state index is -0.854. The summed E-state index contributed by atoms with van der Waals surface area (Å²) in [4.78, 5) is 11.5. The predicted molar refractivity (Wildman–Crippen MR) is 85.0 cm³/mol. The lowest BCUT2D eigenvalue weighted by atomic mass is 9.74. The molecule has 0 aliphatic carbocycles. The van der Waals surface area contributed by atoms with Crippen LogP contribution in [0.4, 0.5) is 0 Å². The third-order valence-electron chi connectivity index (χ3n) is 3.30. The number of amides is 1. The first-order valence-electron chi connectivity index (χ1n) is 6.93. The molecule has 4 N–H and O–H groups in total. The van der Waals surface area contributed by atoms with E-state index >= 15 is 0 Å². The Balaban J connectivity index is 3.78. The van der Waals surface area contributed by atoms with Crippen LogP contribution in [0, 0.1) is 5.41 Å². The second-order valence-electron chi connectivity index (χ2n) is 7.32. The monoisotopic (exact) mass is 291 g/mol. The zero-order valence-electron chi connectivity index (χ0n) is 13.6. The quantitative estimate of drug-likeness (QED) is 0.576. The van der Waals surface area contributed by atoms with Gasteiger partial charge in [0.25, 0.3) is 5.91 Å². The van der Waals surface area contributed by atoms with Gasteiger partial charge in [-0.05, 0) is 34.1 Å². The third-order valence-corrected chi connectivity index (χ3v) is 3.30. The van der Waals surface area contributed by atoms with Crippen molar-refractivity contribution in [2.45, 2.75) is 47.0 Å². The van der Waals surface area contributed by atoms with Crippen LogP contribution in [0.5, 0.6) is 5.75 Å². The van der Waals surface area contributed by atoms with Crippen molar-refractivity contribution in [1.29, 1.82) is 0 Å². The molecule has 0 unspecified atom stereocenters. The minimum Gasteiger partial charge on any atom is -0.508 e. The molecule has 0 fully saturated rings. The lowest BCUT2D eigenvalue weighted by Crippen LogP contribution is -2.23. The molecule has 21 heavy (non-hydrogen) atoms. The Labute approximate surface area is 126 Å². The van der Waals surface area contributed by atoms with Gasteiger partial charge in [-0.3, -0.25) is 4.79 Å². The van der Waals surface area contributed by atoms with Crippen molar-refractivity contribution in [3.63, 3.8) is 0 Å². The van der Waals surface area contributed by atoms with Gasteiger partial charge in [0.2, 0.25) is 0 Å². The normalized spacial score (nSPS) is 13.8. The smallest absolute Gasteiger partial charge is 0.283 e. The highest BCUT2D eigenvalue weighted by Gasteiger charge is 2.30. The molecular weight excluding hydrogens is 266 g/mol. The van der Waals surface area contributed by atoms with Gasteiger partial charge < -0.3 is 15.9 Å². The molecule has 0 aromatic heterocycles. The molecule has 1 aromatic rings. The Kier molecular flexibility index (Phi) is 4.42. The Bertz CT molecular complexity index is 587. The molecule has 0 spiro atoms. The largest absolute Gasteiger partial charge is 0.508 e. The van der Waals surface area contributed by atoms with Gasteiger partial charge >= 0.3 is 0 Å². The van der Waals surface area contributed by atoms with E-state index in [1.807, 2.05) is 41.5 Å². The van der Waals surface area contributed by atoms with Gasteiger partial charge in [-0.25, -0.2) is 0 Å². The number of aromatic hydroxyl groups is 1. The van der Waals surface area contributed by atoms with E-state index in [-0.39, 0.29) is 11.2 Å². The molecule has 1 aromatic carbocycles. The molecule has 0 saturated heterocycles. The van der Waals surface area contributed by atoms with E-state index in [1.165, 1.54) is 0 Å². The minimum absolute atomic E-state index is 0.149. The van der Waals surface area contributed by atoms with Gasteiger partial charge in [-0.1, -0.05) is 47.6 Å². The number of rotatable bonds is 2. The van der Waals surface area contributed by atoms with Crippen LogP contribution < -0.4 is 5.73 Å². The molecule has 0 bridgehead atoms. The average Bonchev–Trinajstić information content (AvgIpc) is 2.27. The zero-order valence-corrected chi connectivity index (χ0v) is 13.6. The van der Waals surface area contributed by atoms with Crippen molar-refractivity contribution in [1.82, 2.24) is 0 Å². The number of hydrogen-bond donors (Lipinski definition) is 3. The number of carbonyl (C=O) groups is 1. The Hall–Kier alpha value is -1.97. The Morgan fingerprint density at radius 3 is 2.00 bits per heavy atom. The van der Waals surface area contributed by atoms with E-state index in [9.17, 15) is 15.0 Å². The number of allylic oxidation sites excluding steroid dienone is 1. The highest BCUT2D eigenvalue weighted by molar-refractivity contribution is 5.99. The molecule has 0 saturated carbocycles. The summed E-state index contributed by atoms with van der Waals surface area (Å²) in [6.07, 6.45) is 0. The van der Waals surface area contributed by atoms with Crippen LogP contribution in [0.15, 0.2) is 24.0 Å². The molecular formula is C17H25NO3. The van der Waals surface area contributed by atoms with E-state index in [4.69, 9.17) is 5.73 Å². The average molecular weight is 291 g/mol. The number of benzene rings is 1. The molecule has 4 nitrogen and oxygen atoms in total. The summed E-state index contributed by atoms with van der Waals surface area (Å²) < 4.78 is 0. The number of phenolic OH excluding ortho intramolecular Hbond substituents is 1. The van der Waals surface area contributed by atoms with Crippen molar-refractivity contribution in [2.24, 2.45) is 11.1 Å². The number of aliphatic hydroxyl groups is 1. The first kappa shape index (κ1) is 17.1. The first-order valence-corrected chi connectivity index (χ1v) is 6.93. The van der Waals surface area contributed by atoms with Crippen LogP contribution in [-0.4, -0.2) is 16.1 Å². The van der Waals surface area contributed by atoms with Crippen molar-refractivity contribution in [3.05, 3.63) is 35.1 Å². The summed E-state index contributed by atoms with van der Waals surface area (Å²) in [5, 5.41) is 19.9. The summed E-state index contributed by atoms with van der Waals surface area (Å²) in [5.41, 5.74) is 6.59. The van der Waals surface area contributed by atoms with Crippen molar-refractivity contribution in [3.8, 4) is 5.75 Å². The second-order valence-corrected chi connectivity index (χ2v) is 7.32. The first-order chi connectivity index (χ1) is 9.35. The van der Waals surface area contributed by atoms with Gasteiger partial charge in [0.15, 0.2) is 5.76 Å².